The Morgan fingerprint density at radius 2 is 2.13 bits per heavy atom. The Labute approximate surface area is 136 Å². The fourth-order valence-corrected chi connectivity index (χ4v) is 2.47. The van der Waals surface area contributed by atoms with Gasteiger partial charge in [0.2, 0.25) is 17.7 Å². The Hall–Kier alpha value is -2.15. The maximum atomic E-state index is 12.4. The standard InChI is InChI=1S/C16H24N4O3/c1-16(2,3)18-13(21)10-19-7-8-20(15(22)11-19)12-5-6-17-14(9-12)23-4/h5-6,9H,7-8,10-11H2,1-4H3,(H,18,21). The van der Waals surface area contributed by atoms with Crippen molar-refractivity contribution in [1.82, 2.24) is 15.2 Å². The minimum atomic E-state index is -0.267. The number of amides is 2. The van der Waals surface area contributed by atoms with E-state index >= 15 is 0 Å². The SMILES string of the molecule is COc1cc(N2CCN(CC(=O)NC(C)(C)C)CC2=O)ccn1. The van der Waals surface area contributed by atoms with E-state index in [9.17, 15) is 9.59 Å². The summed E-state index contributed by atoms with van der Waals surface area (Å²) in [7, 11) is 1.54. The van der Waals surface area contributed by atoms with E-state index in [0.29, 0.717) is 19.0 Å². The van der Waals surface area contributed by atoms with Crippen LogP contribution in [-0.4, -0.2) is 60.5 Å². The number of aromatic nitrogens is 1. The number of ether oxygens (including phenoxy) is 1. The molecule has 0 aliphatic carbocycles. The summed E-state index contributed by atoms with van der Waals surface area (Å²) in [4.78, 5) is 31.9. The lowest BCUT2D eigenvalue weighted by Gasteiger charge is -2.34. The summed E-state index contributed by atoms with van der Waals surface area (Å²) in [5, 5.41) is 2.91. The number of pyridine rings is 1. The van der Waals surface area contributed by atoms with Crippen LogP contribution in [0.1, 0.15) is 20.8 Å². The molecule has 0 unspecified atom stereocenters. The number of hydrogen-bond donors (Lipinski definition) is 1. The van der Waals surface area contributed by atoms with Crippen LogP contribution in [0.3, 0.4) is 0 Å². The zero-order valence-electron chi connectivity index (χ0n) is 14.1. The molecular formula is C16H24N4O3. The smallest absolute Gasteiger partial charge is 0.241 e. The summed E-state index contributed by atoms with van der Waals surface area (Å²) in [6.45, 7) is 7.45. The van der Waals surface area contributed by atoms with Gasteiger partial charge in [-0.2, -0.15) is 0 Å². The van der Waals surface area contributed by atoms with E-state index in [4.69, 9.17) is 4.74 Å². The molecule has 2 heterocycles. The normalized spacial score (nSPS) is 16.3. The van der Waals surface area contributed by atoms with Gasteiger partial charge in [-0.15, -0.1) is 0 Å². The Kier molecular flexibility index (Phi) is 5.20. The van der Waals surface area contributed by atoms with E-state index < -0.39 is 0 Å². The molecule has 0 spiro atoms. The lowest BCUT2D eigenvalue weighted by atomic mass is 10.1. The van der Waals surface area contributed by atoms with Gasteiger partial charge in [0.05, 0.1) is 25.9 Å². The summed E-state index contributed by atoms with van der Waals surface area (Å²) in [6, 6.07) is 3.52. The highest BCUT2D eigenvalue weighted by molar-refractivity contribution is 5.96. The first-order valence-electron chi connectivity index (χ1n) is 7.62. The molecule has 7 nitrogen and oxygen atoms in total. The van der Waals surface area contributed by atoms with Crippen LogP contribution >= 0.6 is 0 Å². The molecule has 1 aliphatic rings. The Bertz CT molecular complexity index is 583. The lowest BCUT2D eigenvalue weighted by molar-refractivity contribution is -0.126. The fraction of sp³-hybridized carbons (Fsp3) is 0.562. The first-order valence-corrected chi connectivity index (χ1v) is 7.62. The number of carbonyl (C=O) groups is 2. The average Bonchev–Trinajstić information content (AvgIpc) is 2.45. The zero-order valence-corrected chi connectivity index (χ0v) is 14.1. The van der Waals surface area contributed by atoms with Gasteiger partial charge in [0, 0.05) is 30.9 Å². The van der Waals surface area contributed by atoms with Gasteiger partial charge in [0.1, 0.15) is 0 Å². The van der Waals surface area contributed by atoms with Crippen molar-refractivity contribution in [2.75, 3.05) is 38.2 Å². The second-order valence-corrected chi connectivity index (χ2v) is 6.61. The lowest BCUT2D eigenvalue weighted by Crippen LogP contribution is -2.54. The van der Waals surface area contributed by atoms with Gasteiger partial charge in [-0.25, -0.2) is 4.98 Å². The molecule has 1 aromatic heterocycles. The van der Waals surface area contributed by atoms with Gasteiger partial charge in [-0.1, -0.05) is 0 Å². The predicted molar refractivity (Wildman–Crippen MR) is 87.5 cm³/mol. The van der Waals surface area contributed by atoms with E-state index in [1.54, 1.807) is 30.3 Å². The minimum absolute atomic E-state index is 0.0342. The van der Waals surface area contributed by atoms with E-state index in [2.05, 4.69) is 10.3 Å². The maximum Gasteiger partial charge on any atom is 0.241 e. The predicted octanol–water partition coefficient (Wildman–Crippen LogP) is 0.654. The monoisotopic (exact) mass is 320 g/mol. The fourth-order valence-electron chi connectivity index (χ4n) is 2.47. The molecule has 7 heteroatoms. The molecule has 1 saturated heterocycles. The van der Waals surface area contributed by atoms with Crippen molar-refractivity contribution in [2.24, 2.45) is 0 Å². The van der Waals surface area contributed by atoms with Crippen LogP contribution in [0.5, 0.6) is 5.88 Å². The van der Waals surface area contributed by atoms with Crippen molar-refractivity contribution in [1.29, 1.82) is 0 Å². The summed E-state index contributed by atoms with van der Waals surface area (Å²) < 4.78 is 5.09. The quantitative estimate of drug-likeness (QED) is 0.882. The molecule has 0 radical (unpaired) electrons. The molecule has 1 fully saturated rings. The van der Waals surface area contributed by atoms with E-state index in [1.807, 2.05) is 25.7 Å². The zero-order chi connectivity index (χ0) is 17.0. The number of anilines is 1. The minimum Gasteiger partial charge on any atom is -0.481 e. The summed E-state index contributed by atoms with van der Waals surface area (Å²) >= 11 is 0. The molecule has 0 bridgehead atoms. The van der Waals surface area contributed by atoms with Crippen molar-refractivity contribution in [3.05, 3.63) is 18.3 Å². The van der Waals surface area contributed by atoms with Gasteiger partial charge in [-0.05, 0) is 26.8 Å². The third-order valence-electron chi connectivity index (χ3n) is 3.42. The molecule has 0 aromatic carbocycles. The van der Waals surface area contributed by atoms with E-state index in [0.717, 1.165) is 5.69 Å². The molecule has 2 amide bonds. The number of nitrogens with one attached hydrogen (secondary N) is 1. The second-order valence-electron chi connectivity index (χ2n) is 6.61. The third-order valence-corrected chi connectivity index (χ3v) is 3.42. The van der Waals surface area contributed by atoms with Crippen molar-refractivity contribution < 1.29 is 14.3 Å². The van der Waals surface area contributed by atoms with Crippen molar-refractivity contribution in [2.45, 2.75) is 26.3 Å². The van der Waals surface area contributed by atoms with E-state index in [1.165, 1.54) is 0 Å². The highest BCUT2D eigenvalue weighted by Crippen LogP contribution is 2.20. The number of methoxy groups -OCH3 is 1. The van der Waals surface area contributed by atoms with Gasteiger partial charge in [-0.3, -0.25) is 14.5 Å². The van der Waals surface area contributed by atoms with Crippen molar-refractivity contribution in [3.63, 3.8) is 0 Å². The van der Waals surface area contributed by atoms with Gasteiger partial charge in [0.25, 0.3) is 0 Å². The highest BCUT2D eigenvalue weighted by atomic mass is 16.5. The third kappa shape index (κ3) is 4.92. The largest absolute Gasteiger partial charge is 0.481 e. The summed E-state index contributed by atoms with van der Waals surface area (Å²) in [5.74, 6) is 0.375. The number of hydrogen-bond acceptors (Lipinski definition) is 5. The number of rotatable bonds is 4. The highest BCUT2D eigenvalue weighted by Gasteiger charge is 2.27. The van der Waals surface area contributed by atoms with Crippen molar-refractivity contribution in [3.8, 4) is 5.88 Å². The van der Waals surface area contributed by atoms with Gasteiger partial charge < -0.3 is 15.0 Å². The molecule has 23 heavy (non-hydrogen) atoms. The average molecular weight is 320 g/mol. The van der Waals surface area contributed by atoms with Crippen LogP contribution in [0, 0.1) is 0 Å². The molecule has 0 atom stereocenters. The number of carbonyl (C=O) groups excluding carboxylic acids is 2. The number of nitrogens with zero attached hydrogens (tertiary/aromatic N) is 3. The molecule has 126 valence electrons. The van der Waals surface area contributed by atoms with Crippen LogP contribution in [0.15, 0.2) is 18.3 Å². The molecule has 2 rings (SSSR count). The first-order chi connectivity index (χ1) is 10.8. The van der Waals surface area contributed by atoms with E-state index in [-0.39, 0.29) is 30.4 Å². The van der Waals surface area contributed by atoms with Crippen LogP contribution in [0.4, 0.5) is 5.69 Å². The molecule has 1 N–H and O–H groups in total. The van der Waals surface area contributed by atoms with Crippen LogP contribution in [0.2, 0.25) is 0 Å². The van der Waals surface area contributed by atoms with Crippen LogP contribution in [-0.2, 0) is 9.59 Å². The summed E-state index contributed by atoms with van der Waals surface area (Å²) in [5.41, 5.74) is 0.497. The number of piperazine rings is 1. The Balaban J connectivity index is 1.94. The molecule has 1 aromatic rings. The maximum absolute atomic E-state index is 12.4. The van der Waals surface area contributed by atoms with Crippen LogP contribution in [0.25, 0.3) is 0 Å². The van der Waals surface area contributed by atoms with Gasteiger partial charge >= 0.3 is 0 Å². The summed E-state index contributed by atoms with van der Waals surface area (Å²) in [6.07, 6.45) is 1.62. The Morgan fingerprint density at radius 1 is 1.39 bits per heavy atom. The second kappa shape index (κ2) is 6.95. The molecule has 0 saturated carbocycles. The van der Waals surface area contributed by atoms with Crippen LogP contribution < -0.4 is 15.0 Å². The first kappa shape index (κ1) is 17.2. The molecular weight excluding hydrogens is 296 g/mol. The molecule has 1 aliphatic heterocycles. The topological polar surface area (TPSA) is 74.8 Å². The van der Waals surface area contributed by atoms with Crippen molar-refractivity contribution >= 4 is 17.5 Å². The van der Waals surface area contributed by atoms with Gasteiger partial charge in [0.15, 0.2) is 0 Å². The Morgan fingerprint density at radius 3 is 2.74 bits per heavy atom.